The van der Waals surface area contributed by atoms with Crippen LogP contribution >= 0.6 is 11.3 Å². The summed E-state index contributed by atoms with van der Waals surface area (Å²) in [5.74, 6) is -0.425. The monoisotopic (exact) mass is 318 g/mol. The fourth-order valence-electron chi connectivity index (χ4n) is 1.78. The zero-order chi connectivity index (χ0) is 15.8. The van der Waals surface area contributed by atoms with Crippen molar-refractivity contribution in [1.29, 1.82) is 0 Å². The minimum absolute atomic E-state index is 0.0807. The van der Waals surface area contributed by atoms with E-state index in [9.17, 15) is 9.59 Å². The molecule has 0 aliphatic rings. The molecule has 0 aliphatic carbocycles. The van der Waals surface area contributed by atoms with Crippen LogP contribution in [0, 0.1) is 0 Å². The predicted molar refractivity (Wildman–Crippen MR) is 87.1 cm³/mol. The third-order valence-corrected chi connectivity index (χ3v) is 3.77. The Hall–Kier alpha value is -2.34. The van der Waals surface area contributed by atoms with Crippen LogP contribution in [0.5, 0.6) is 0 Å². The molecule has 0 fully saturated rings. The summed E-state index contributed by atoms with van der Waals surface area (Å²) in [6, 6.07) is 10.8. The van der Waals surface area contributed by atoms with Gasteiger partial charge in [-0.1, -0.05) is 6.07 Å². The van der Waals surface area contributed by atoms with Gasteiger partial charge in [-0.3, -0.25) is 4.79 Å². The molecule has 2 rings (SSSR count). The first-order chi connectivity index (χ1) is 10.7. The third-order valence-electron chi connectivity index (χ3n) is 2.89. The van der Waals surface area contributed by atoms with Crippen LogP contribution < -0.4 is 10.6 Å². The summed E-state index contributed by atoms with van der Waals surface area (Å²) in [6.45, 7) is 2.84. The molecule has 2 N–H and O–H groups in total. The fraction of sp³-hybridized carbons (Fsp3) is 0.250. The van der Waals surface area contributed by atoms with Gasteiger partial charge in [-0.2, -0.15) is 0 Å². The van der Waals surface area contributed by atoms with Crippen molar-refractivity contribution < 1.29 is 14.3 Å². The summed E-state index contributed by atoms with van der Waals surface area (Å²) in [4.78, 5) is 24.4. The molecule has 22 heavy (non-hydrogen) atoms. The lowest BCUT2D eigenvalue weighted by Crippen LogP contribution is -2.29. The van der Waals surface area contributed by atoms with Crippen molar-refractivity contribution in [2.75, 3.05) is 18.5 Å². The van der Waals surface area contributed by atoms with Gasteiger partial charge in [-0.05, 0) is 42.6 Å². The molecule has 0 radical (unpaired) electrons. The highest BCUT2D eigenvalue weighted by molar-refractivity contribution is 7.09. The van der Waals surface area contributed by atoms with E-state index >= 15 is 0 Å². The van der Waals surface area contributed by atoms with Gasteiger partial charge in [0, 0.05) is 10.6 Å². The maximum absolute atomic E-state index is 11.7. The highest BCUT2D eigenvalue weighted by Gasteiger charge is 2.06. The summed E-state index contributed by atoms with van der Waals surface area (Å²) < 4.78 is 4.91. The summed E-state index contributed by atoms with van der Waals surface area (Å²) in [6.07, 6.45) is 0. The van der Waals surface area contributed by atoms with Gasteiger partial charge in [-0.15, -0.1) is 11.3 Å². The van der Waals surface area contributed by atoms with Crippen molar-refractivity contribution in [2.45, 2.75) is 13.5 Å². The quantitative estimate of drug-likeness (QED) is 0.770. The van der Waals surface area contributed by atoms with Gasteiger partial charge in [0.15, 0.2) is 0 Å². The molecule has 5 nitrogen and oxygen atoms in total. The Kier molecular flexibility index (Phi) is 5.97. The highest BCUT2D eigenvalue weighted by atomic mass is 32.1. The average Bonchev–Trinajstić information content (AvgIpc) is 3.05. The average molecular weight is 318 g/mol. The molecule has 0 saturated heterocycles. The number of nitrogens with one attached hydrogen (secondary N) is 2. The van der Waals surface area contributed by atoms with E-state index in [4.69, 9.17) is 4.74 Å². The predicted octanol–water partition coefficient (Wildman–Crippen LogP) is 2.65. The Morgan fingerprint density at radius 2 is 1.95 bits per heavy atom. The van der Waals surface area contributed by atoms with Gasteiger partial charge in [-0.25, -0.2) is 4.79 Å². The third kappa shape index (κ3) is 4.89. The fourth-order valence-corrected chi connectivity index (χ4v) is 2.43. The highest BCUT2D eigenvalue weighted by Crippen LogP contribution is 2.10. The normalized spacial score (nSPS) is 10.0. The first-order valence-electron chi connectivity index (χ1n) is 6.99. The second kappa shape index (κ2) is 8.19. The van der Waals surface area contributed by atoms with Crippen molar-refractivity contribution in [3.05, 3.63) is 52.2 Å². The van der Waals surface area contributed by atoms with E-state index in [1.54, 1.807) is 42.5 Å². The zero-order valence-electron chi connectivity index (χ0n) is 12.3. The Balaban J connectivity index is 1.76. The van der Waals surface area contributed by atoms with Crippen LogP contribution in [0.2, 0.25) is 0 Å². The molecule has 1 aromatic heterocycles. The SMILES string of the molecule is CCOC(=O)c1ccc(NCC(=O)NCc2cccs2)cc1. The van der Waals surface area contributed by atoms with E-state index in [0.29, 0.717) is 18.7 Å². The topological polar surface area (TPSA) is 67.4 Å². The Morgan fingerprint density at radius 1 is 1.18 bits per heavy atom. The number of carbonyl (C=O) groups excluding carboxylic acids is 2. The van der Waals surface area contributed by atoms with E-state index in [1.165, 1.54) is 0 Å². The minimum Gasteiger partial charge on any atom is -0.462 e. The van der Waals surface area contributed by atoms with Gasteiger partial charge in [0.05, 0.1) is 25.3 Å². The molecular weight excluding hydrogens is 300 g/mol. The number of anilines is 1. The minimum atomic E-state index is -0.345. The molecule has 2 aromatic rings. The van der Waals surface area contributed by atoms with Crippen LogP contribution in [-0.4, -0.2) is 25.0 Å². The second-order valence-electron chi connectivity index (χ2n) is 4.51. The summed E-state index contributed by atoms with van der Waals surface area (Å²) >= 11 is 1.61. The van der Waals surface area contributed by atoms with Crippen molar-refractivity contribution in [3.63, 3.8) is 0 Å². The molecule has 0 saturated carbocycles. The number of esters is 1. The molecule has 1 amide bonds. The Morgan fingerprint density at radius 3 is 2.59 bits per heavy atom. The maximum Gasteiger partial charge on any atom is 0.338 e. The standard InChI is InChI=1S/C16H18N2O3S/c1-2-21-16(20)12-5-7-13(8-6-12)17-11-15(19)18-10-14-4-3-9-22-14/h3-9,17H,2,10-11H2,1H3,(H,18,19). The summed E-state index contributed by atoms with van der Waals surface area (Å²) in [7, 11) is 0. The molecule has 1 heterocycles. The van der Waals surface area contributed by atoms with Gasteiger partial charge < -0.3 is 15.4 Å². The Bertz CT molecular complexity index is 609. The van der Waals surface area contributed by atoms with Crippen LogP contribution in [0.3, 0.4) is 0 Å². The summed E-state index contributed by atoms with van der Waals surface area (Å²) in [5, 5.41) is 7.83. The van der Waals surface area contributed by atoms with Crippen LogP contribution in [-0.2, 0) is 16.1 Å². The molecule has 0 unspecified atom stereocenters. The molecule has 1 aromatic carbocycles. The number of ether oxygens (including phenoxy) is 1. The number of hydrogen-bond donors (Lipinski definition) is 2. The molecule has 116 valence electrons. The number of carbonyl (C=O) groups is 2. The van der Waals surface area contributed by atoms with E-state index in [1.807, 2.05) is 17.5 Å². The first-order valence-corrected chi connectivity index (χ1v) is 7.87. The van der Waals surface area contributed by atoms with Crippen LogP contribution in [0.1, 0.15) is 22.2 Å². The van der Waals surface area contributed by atoms with E-state index < -0.39 is 0 Å². The Labute approximate surface area is 133 Å². The van der Waals surface area contributed by atoms with Crippen molar-refractivity contribution in [1.82, 2.24) is 5.32 Å². The number of thiophene rings is 1. The van der Waals surface area contributed by atoms with Gasteiger partial charge in [0.1, 0.15) is 0 Å². The van der Waals surface area contributed by atoms with E-state index in [-0.39, 0.29) is 18.4 Å². The molecular formula is C16H18N2O3S. The summed E-state index contributed by atoms with van der Waals surface area (Å²) in [5.41, 5.74) is 1.27. The van der Waals surface area contributed by atoms with Gasteiger partial charge in [0.2, 0.25) is 5.91 Å². The lowest BCUT2D eigenvalue weighted by Gasteiger charge is -2.08. The number of amides is 1. The van der Waals surface area contributed by atoms with Crippen molar-refractivity contribution in [3.8, 4) is 0 Å². The van der Waals surface area contributed by atoms with E-state index in [0.717, 1.165) is 10.6 Å². The maximum atomic E-state index is 11.7. The lowest BCUT2D eigenvalue weighted by molar-refractivity contribution is -0.119. The smallest absolute Gasteiger partial charge is 0.338 e. The lowest BCUT2D eigenvalue weighted by atomic mass is 10.2. The second-order valence-corrected chi connectivity index (χ2v) is 5.54. The van der Waals surface area contributed by atoms with Crippen LogP contribution in [0.15, 0.2) is 41.8 Å². The van der Waals surface area contributed by atoms with Crippen molar-refractivity contribution >= 4 is 28.9 Å². The number of benzene rings is 1. The zero-order valence-corrected chi connectivity index (χ0v) is 13.1. The van der Waals surface area contributed by atoms with Crippen LogP contribution in [0.25, 0.3) is 0 Å². The van der Waals surface area contributed by atoms with Gasteiger partial charge in [0.25, 0.3) is 0 Å². The number of rotatable bonds is 7. The van der Waals surface area contributed by atoms with Crippen LogP contribution in [0.4, 0.5) is 5.69 Å². The molecule has 6 heteroatoms. The molecule has 0 atom stereocenters. The number of hydrogen-bond acceptors (Lipinski definition) is 5. The van der Waals surface area contributed by atoms with Crippen molar-refractivity contribution in [2.24, 2.45) is 0 Å². The molecule has 0 bridgehead atoms. The first kappa shape index (κ1) is 16.0. The van der Waals surface area contributed by atoms with E-state index in [2.05, 4.69) is 10.6 Å². The molecule has 0 aliphatic heterocycles. The van der Waals surface area contributed by atoms with Gasteiger partial charge >= 0.3 is 5.97 Å². The molecule has 0 spiro atoms. The largest absolute Gasteiger partial charge is 0.462 e.